The molecule has 1 saturated heterocycles. The number of carbonyl (C=O) groups excluding carboxylic acids is 1. The van der Waals surface area contributed by atoms with E-state index in [-0.39, 0.29) is 41.0 Å². The van der Waals surface area contributed by atoms with Crippen LogP contribution >= 0.6 is 22.6 Å². The van der Waals surface area contributed by atoms with E-state index in [1.807, 2.05) is 34.1 Å². The zero-order chi connectivity index (χ0) is 17.2. The Kier molecular flexibility index (Phi) is 3.88. The monoisotopic (exact) mass is 446 g/mol. The Hall–Kier alpha value is -1.13. The van der Waals surface area contributed by atoms with Crippen molar-refractivity contribution in [2.24, 2.45) is 0 Å². The van der Waals surface area contributed by atoms with Gasteiger partial charge in [0, 0.05) is 19.6 Å². The van der Waals surface area contributed by atoms with Gasteiger partial charge in [0.05, 0.1) is 40.7 Å². The second kappa shape index (κ2) is 5.70. The number of rotatable bonds is 1. The summed E-state index contributed by atoms with van der Waals surface area (Å²) in [6.45, 7) is 3.15. The molecule has 0 aliphatic carbocycles. The molecule has 3 aliphatic rings. The van der Waals surface area contributed by atoms with E-state index in [9.17, 15) is 14.7 Å². The lowest BCUT2D eigenvalue weighted by Crippen LogP contribution is -2.55. The Labute approximate surface area is 152 Å². The molecule has 1 amide bonds. The number of aliphatic hydroxyl groups excluding tert-OH is 1. The number of pyridine rings is 1. The minimum absolute atomic E-state index is 0.0727. The van der Waals surface area contributed by atoms with Crippen LogP contribution in [0.25, 0.3) is 0 Å². The van der Waals surface area contributed by atoms with E-state index in [0.29, 0.717) is 28.8 Å². The highest BCUT2D eigenvalue weighted by atomic mass is 127. The third-order valence-electron chi connectivity index (χ3n) is 5.28. The van der Waals surface area contributed by atoms with Gasteiger partial charge in [0.1, 0.15) is 0 Å². The molecule has 4 atom stereocenters. The summed E-state index contributed by atoms with van der Waals surface area (Å²) >= 11 is 1.94. The van der Waals surface area contributed by atoms with Crippen molar-refractivity contribution in [2.45, 2.75) is 44.1 Å². The average molecular weight is 446 g/mol. The SMILES string of the molecule is COc1c2n3c(c(I)c1=O)C(O)CC3C1[C@@H](C)OCCCN1C2=O. The van der Waals surface area contributed by atoms with Gasteiger partial charge in [0.25, 0.3) is 5.91 Å². The Morgan fingerprint density at radius 1 is 1.38 bits per heavy atom. The molecule has 0 saturated carbocycles. The second-order valence-corrected chi connectivity index (χ2v) is 7.60. The van der Waals surface area contributed by atoms with Gasteiger partial charge in [-0.25, -0.2) is 0 Å². The van der Waals surface area contributed by atoms with Crippen molar-refractivity contribution in [1.82, 2.24) is 9.47 Å². The molecule has 7 nitrogen and oxygen atoms in total. The highest BCUT2D eigenvalue weighted by Gasteiger charge is 2.50. The smallest absolute Gasteiger partial charge is 0.274 e. The highest BCUT2D eigenvalue weighted by molar-refractivity contribution is 14.1. The van der Waals surface area contributed by atoms with Gasteiger partial charge < -0.3 is 24.0 Å². The molecule has 1 fully saturated rings. The fraction of sp³-hybridized carbons (Fsp3) is 0.625. The van der Waals surface area contributed by atoms with Crippen molar-refractivity contribution in [3.63, 3.8) is 0 Å². The molecule has 24 heavy (non-hydrogen) atoms. The number of methoxy groups -OCH3 is 1. The lowest BCUT2D eigenvalue weighted by molar-refractivity contribution is -0.00209. The molecule has 0 radical (unpaired) electrons. The van der Waals surface area contributed by atoms with E-state index in [4.69, 9.17) is 9.47 Å². The fourth-order valence-corrected chi connectivity index (χ4v) is 5.20. The van der Waals surface area contributed by atoms with E-state index in [0.717, 1.165) is 6.42 Å². The third kappa shape index (κ3) is 2.02. The third-order valence-corrected chi connectivity index (χ3v) is 6.33. The molecule has 0 spiro atoms. The normalized spacial score (nSPS) is 31.5. The number of fused-ring (bicyclic) bond motifs is 2. The number of hydrogen-bond acceptors (Lipinski definition) is 5. The zero-order valence-electron chi connectivity index (χ0n) is 13.5. The van der Waals surface area contributed by atoms with Crippen molar-refractivity contribution in [3.05, 3.63) is 25.2 Å². The van der Waals surface area contributed by atoms with Crippen LogP contribution in [0.4, 0.5) is 0 Å². The average Bonchev–Trinajstić information content (AvgIpc) is 2.76. The van der Waals surface area contributed by atoms with Crippen LogP contribution in [0.15, 0.2) is 4.79 Å². The molecular formula is C16H19IN2O5. The predicted molar refractivity (Wildman–Crippen MR) is 93.4 cm³/mol. The van der Waals surface area contributed by atoms with Gasteiger partial charge in [0.15, 0.2) is 11.4 Å². The molecule has 130 valence electrons. The van der Waals surface area contributed by atoms with E-state index in [1.165, 1.54) is 7.11 Å². The van der Waals surface area contributed by atoms with Crippen molar-refractivity contribution in [2.75, 3.05) is 20.3 Å². The summed E-state index contributed by atoms with van der Waals surface area (Å²) in [5, 5.41) is 10.6. The van der Waals surface area contributed by atoms with Gasteiger partial charge in [-0.1, -0.05) is 0 Å². The van der Waals surface area contributed by atoms with Crippen LogP contribution in [-0.4, -0.2) is 52.9 Å². The first-order valence-electron chi connectivity index (χ1n) is 8.09. The van der Waals surface area contributed by atoms with Crippen molar-refractivity contribution < 1.29 is 19.4 Å². The van der Waals surface area contributed by atoms with E-state index in [2.05, 4.69) is 0 Å². The molecule has 3 unspecified atom stereocenters. The quantitative estimate of drug-likeness (QED) is 0.654. The standard InChI is InChI=1S/C16H19IN2O5/c1-7-11-8-6-9(20)12-10(17)14(21)15(23-2)13(19(8)12)16(22)18(11)4-3-5-24-7/h7-9,11,20H,3-6H2,1-2H3/t7-,8?,9?,11?/m1/s1. The van der Waals surface area contributed by atoms with E-state index >= 15 is 0 Å². The van der Waals surface area contributed by atoms with E-state index < -0.39 is 6.10 Å². The first-order chi connectivity index (χ1) is 11.5. The number of aliphatic hydroxyl groups is 1. The Balaban J connectivity index is 2.02. The van der Waals surface area contributed by atoms with Gasteiger partial charge in [-0.2, -0.15) is 0 Å². The summed E-state index contributed by atoms with van der Waals surface area (Å²) in [7, 11) is 1.41. The second-order valence-electron chi connectivity index (χ2n) is 6.52. The Morgan fingerprint density at radius 3 is 2.83 bits per heavy atom. The fourth-order valence-electron chi connectivity index (χ4n) is 4.34. The summed E-state index contributed by atoms with van der Waals surface area (Å²) in [5.74, 6) is -0.141. The van der Waals surface area contributed by atoms with Crippen molar-refractivity contribution >= 4 is 28.5 Å². The number of carbonyl (C=O) groups is 1. The van der Waals surface area contributed by atoms with Gasteiger partial charge in [0.2, 0.25) is 5.43 Å². The molecule has 8 heteroatoms. The van der Waals surface area contributed by atoms with Crippen molar-refractivity contribution in [1.29, 1.82) is 0 Å². The van der Waals surface area contributed by atoms with Crippen LogP contribution in [0.3, 0.4) is 0 Å². The van der Waals surface area contributed by atoms with Gasteiger partial charge >= 0.3 is 0 Å². The molecular weight excluding hydrogens is 427 g/mol. The molecule has 1 aromatic heterocycles. The summed E-state index contributed by atoms with van der Waals surface area (Å²) in [6, 6.07) is -0.259. The van der Waals surface area contributed by atoms with Gasteiger partial charge in [-0.3, -0.25) is 9.59 Å². The van der Waals surface area contributed by atoms with Gasteiger partial charge in [-0.05, 0) is 35.9 Å². The summed E-state index contributed by atoms with van der Waals surface area (Å²) in [5.41, 5.74) is 0.473. The van der Waals surface area contributed by atoms with Crippen LogP contribution in [0.1, 0.15) is 48.1 Å². The van der Waals surface area contributed by atoms with Crippen molar-refractivity contribution in [3.8, 4) is 5.75 Å². The molecule has 1 N–H and O–H groups in total. The first-order valence-corrected chi connectivity index (χ1v) is 9.17. The Morgan fingerprint density at radius 2 is 2.12 bits per heavy atom. The topological polar surface area (TPSA) is 81.0 Å². The minimum Gasteiger partial charge on any atom is -0.491 e. The minimum atomic E-state index is -0.762. The number of nitrogens with zero attached hydrogens (tertiary/aromatic N) is 2. The maximum Gasteiger partial charge on any atom is 0.274 e. The number of halogens is 1. The van der Waals surface area contributed by atoms with E-state index in [1.54, 1.807) is 4.90 Å². The summed E-state index contributed by atoms with van der Waals surface area (Å²) in [6.07, 6.45) is 0.335. The number of amides is 1. The first kappa shape index (κ1) is 16.3. The maximum atomic E-state index is 13.2. The lowest BCUT2D eigenvalue weighted by atomic mass is 9.95. The van der Waals surface area contributed by atoms with Crippen LogP contribution < -0.4 is 10.2 Å². The predicted octanol–water partition coefficient (Wildman–Crippen LogP) is 1.07. The zero-order valence-corrected chi connectivity index (χ0v) is 15.6. The van der Waals surface area contributed by atoms with Crippen LogP contribution in [0.2, 0.25) is 0 Å². The number of aromatic nitrogens is 1. The molecule has 4 heterocycles. The molecule has 1 aromatic rings. The molecule has 4 rings (SSSR count). The summed E-state index contributed by atoms with van der Waals surface area (Å²) in [4.78, 5) is 27.6. The van der Waals surface area contributed by atoms with Gasteiger partial charge in [-0.15, -0.1) is 0 Å². The van der Waals surface area contributed by atoms with Crippen LogP contribution in [0.5, 0.6) is 5.75 Å². The lowest BCUT2D eigenvalue weighted by Gasteiger charge is -2.43. The summed E-state index contributed by atoms with van der Waals surface area (Å²) < 4.78 is 13.4. The number of hydrogen-bond donors (Lipinski definition) is 1. The maximum absolute atomic E-state index is 13.2. The van der Waals surface area contributed by atoms with Crippen LogP contribution in [0, 0.1) is 3.57 Å². The number of ether oxygens (including phenoxy) is 2. The largest absolute Gasteiger partial charge is 0.491 e. The Bertz CT molecular complexity index is 777. The molecule has 0 bridgehead atoms. The van der Waals surface area contributed by atoms with Crippen LogP contribution in [-0.2, 0) is 4.74 Å². The molecule has 3 aliphatic heterocycles. The highest BCUT2D eigenvalue weighted by Crippen LogP contribution is 2.46. The molecule has 0 aromatic carbocycles.